The van der Waals surface area contributed by atoms with E-state index in [1.807, 2.05) is 31.3 Å². The molecule has 0 aliphatic carbocycles. The van der Waals surface area contributed by atoms with Gasteiger partial charge in [0, 0.05) is 42.8 Å². The Hall–Kier alpha value is -2.49. The number of rotatable bonds is 2. The molecule has 1 aromatic carbocycles. The van der Waals surface area contributed by atoms with Gasteiger partial charge in [-0.05, 0) is 11.5 Å². The monoisotopic (exact) mass is 237 g/mol. The lowest BCUT2D eigenvalue weighted by atomic mass is 10.0. The number of carbonyl (C=O) groups is 1. The predicted molar refractivity (Wildman–Crippen MR) is 68.4 cm³/mol. The first-order chi connectivity index (χ1) is 8.77. The molecule has 4 heteroatoms. The average Bonchev–Trinajstić information content (AvgIpc) is 2.83. The summed E-state index contributed by atoms with van der Waals surface area (Å²) >= 11 is 0. The molecule has 4 nitrogen and oxygen atoms in total. The molecule has 0 fully saturated rings. The van der Waals surface area contributed by atoms with Gasteiger partial charge in [-0.15, -0.1) is 0 Å². The zero-order valence-corrected chi connectivity index (χ0v) is 9.87. The van der Waals surface area contributed by atoms with E-state index < -0.39 is 0 Å². The summed E-state index contributed by atoms with van der Waals surface area (Å²) in [5, 5.41) is 1.86. The average molecular weight is 237 g/mol. The third kappa shape index (κ3) is 1.59. The SMILES string of the molecule is Cn1ccnc1C(=O)c1cccc2cnccc12. The van der Waals surface area contributed by atoms with Crippen molar-refractivity contribution < 1.29 is 4.79 Å². The van der Waals surface area contributed by atoms with E-state index in [9.17, 15) is 4.79 Å². The lowest BCUT2D eigenvalue weighted by molar-refractivity contribution is 0.102. The fourth-order valence-electron chi connectivity index (χ4n) is 2.03. The van der Waals surface area contributed by atoms with Gasteiger partial charge < -0.3 is 4.57 Å². The molecule has 0 unspecified atom stereocenters. The van der Waals surface area contributed by atoms with Crippen molar-refractivity contribution >= 4 is 16.6 Å². The fraction of sp³-hybridized carbons (Fsp3) is 0.0714. The Bertz CT molecular complexity index is 725. The molecule has 0 aliphatic heterocycles. The molecule has 0 radical (unpaired) electrons. The van der Waals surface area contributed by atoms with Gasteiger partial charge in [-0.2, -0.15) is 0 Å². The molecule has 18 heavy (non-hydrogen) atoms. The van der Waals surface area contributed by atoms with Crippen LogP contribution in [0, 0.1) is 0 Å². The van der Waals surface area contributed by atoms with Gasteiger partial charge in [0.1, 0.15) is 0 Å². The van der Waals surface area contributed by atoms with Gasteiger partial charge in [-0.25, -0.2) is 4.98 Å². The Balaban J connectivity index is 2.21. The highest BCUT2D eigenvalue weighted by molar-refractivity contribution is 6.14. The molecule has 0 spiro atoms. The van der Waals surface area contributed by atoms with Gasteiger partial charge in [-0.3, -0.25) is 9.78 Å². The second-order valence-corrected chi connectivity index (χ2v) is 4.09. The molecule has 3 rings (SSSR count). The molecular weight excluding hydrogens is 226 g/mol. The second-order valence-electron chi connectivity index (χ2n) is 4.09. The van der Waals surface area contributed by atoms with Gasteiger partial charge in [0.15, 0.2) is 5.82 Å². The summed E-state index contributed by atoms with van der Waals surface area (Å²) < 4.78 is 1.72. The first kappa shape index (κ1) is 10.7. The second kappa shape index (κ2) is 4.07. The van der Waals surface area contributed by atoms with Crippen molar-refractivity contribution in [2.24, 2.45) is 7.05 Å². The van der Waals surface area contributed by atoms with Crippen molar-refractivity contribution in [1.82, 2.24) is 14.5 Å². The highest BCUT2D eigenvalue weighted by Crippen LogP contribution is 2.19. The van der Waals surface area contributed by atoms with Gasteiger partial charge >= 0.3 is 0 Å². The first-order valence-electron chi connectivity index (χ1n) is 5.62. The molecule has 3 aromatic rings. The molecule has 0 saturated carbocycles. The van der Waals surface area contributed by atoms with E-state index in [1.165, 1.54) is 0 Å². The minimum absolute atomic E-state index is 0.0701. The number of hydrogen-bond donors (Lipinski definition) is 0. The lowest BCUT2D eigenvalue weighted by Gasteiger charge is -2.05. The third-order valence-electron chi connectivity index (χ3n) is 2.95. The third-order valence-corrected chi connectivity index (χ3v) is 2.95. The van der Waals surface area contributed by atoms with Crippen LogP contribution in [-0.2, 0) is 7.05 Å². The van der Waals surface area contributed by atoms with Crippen LogP contribution in [0.1, 0.15) is 16.2 Å². The molecule has 0 N–H and O–H groups in total. The number of aryl methyl sites for hydroxylation is 1. The normalized spacial score (nSPS) is 10.7. The van der Waals surface area contributed by atoms with Crippen molar-refractivity contribution in [1.29, 1.82) is 0 Å². The standard InChI is InChI=1S/C14H11N3O/c1-17-8-7-16-14(17)13(18)12-4-2-3-10-9-15-6-5-11(10)12/h2-9H,1H3. The van der Waals surface area contributed by atoms with E-state index in [1.54, 1.807) is 29.4 Å². The summed E-state index contributed by atoms with van der Waals surface area (Å²) in [4.78, 5) is 20.6. The summed E-state index contributed by atoms with van der Waals surface area (Å²) in [5.41, 5.74) is 0.657. The largest absolute Gasteiger partial charge is 0.331 e. The van der Waals surface area contributed by atoms with E-state index in [-0.39, 0.29) is 5.78 Å². The van der Waals surface area contributed by atoms with E-state index in [4.69, 9.17) is 0 Å². The maximum absolute atomic E-state index is 12.4. The van der Waals surface area contributed by atoms with Crippen molar-refractivity contribution in [3.63, 3.8) is 0 Å². The Morgan fingerprint density at radius 2 is 2.11 bits per heavy atom. The van der Waals surface area contributed by atoms with Crippen LogP contribution in [0.5, 0.6) is 0 Å². The van der Waals surface area contributed by atoms with Gasteiger partial charge in [0.2, 0.25) is 5.78 Å². The smallest absolute Gasteiger partial charge is 0.229 e. The summed E-state index contributed by atoms with van der Waals surface area (Å²) in [6, 6.07) is 7.47. The number of ketones is 1. The van der Waals surface area contributed by atoms with Crippen LogP contribution < -0.4 is 0 Å². The van der Waals surface area contributed by atoms with Crippen LogP contribution in [0.25, 0.3) is 10.8 Å². The van der Waals surface area contributed by atoms with Gasteiger partial charge in [0.05, 0.1) is 0 Å². The zero-order chi connectivity index (χ0) is 12.5. The summed E-state index contributed by atoms with van der Waals surface area (Å²) in [6.45, 7) is 0. The minimum atomic E-state index is -0.0701. The Morgan fingerprint density at radius 3 is 2.89 bits per heavy atom. The maximum atomic E-state index is 12.4. The highest BCUT2D eigenvalue weighted by Gasteiger charge is 2.15. The Kier molecular flexibility index (Phi) is 2.41. The Labute approximate surface area is 104 Å². The molecule has 0 saturated heterocycles. The van der Waals surface area contributed by atoms with Crippen molar-refractivity contribution in [3.05, 3.63) is 60.4 Å². The fourth-order valence-corrected chi connectivity index (χ4v) is 2.03. The molecule has 0 atom stereocenters. The van der Waals surface area contributed by atoms with Gasteiger partial charge in [-0.1, -0.05) is 18.2 Å². The number of imidazole rings is 1. The topological polar surface area (TPSA) is 47.8 Å². The quantitative estimate of drug-likeness (QED) is 0.642. The van der Waals surface area contributed by atoms with Gasteiger partial charge in [0.25, 0.3) is 0 Å². The molecule has 2 heterocycles. The summed E-state index contributed by atoms with van der Waals surface area (Å²) in [7, 11) is 1.81. The number of benzene rings is 1. The summed E-state index contributed by atoms with van der Waals surface area (Å²) in [6.07, 6.45) is 6.84. The van der Waals surface area contributed by atoms with Crippen LogP contribution in [0.4, 0.5) is 0 Å². The van der Waals surface area contributed by atoms with E-state index in [0.717, 1.165) is 10.8 Å². The van der Waals surface area contributed by atoms with E-state index in [0.29, 0.717) is 11.4 Å². The number of pyridine rings is 1. The van der Waals surface area contributed by atoms with Crippen LogP contribution >= 0.6 is 0 Å². The molecule has 0 bridgehead atoms. The molecule has 88 valence electrons. The molecule has 0 aliphatic rings. The maximum Gasteiger partial charge on any atom is 0.229 e. The van der Waals surface area contributed by atoms with Crippen LogP contribution in [-0.4, -0.2) is 20.3 Å². The van der Waals surface area contributed by atoms with E-state index in [2.05, 4.69) is 9.97 Å². The van der Waals surface area contributed by atoms with Crippen LogP contribution in [0.15, 0.2) is 49.1 Å². The molecular formula is C14H11N3O. The minimum Gasteiger partial charge on any atom is -0.331 e. The van der Waals surface area contributed by atoms with Crippen molar-refractivity contribution in [2.45, 2.75) is 0 Å². The van der Waals surface area contributed by atoms with Crippen molar-refractivity contribution in [2.75, 3.05) is 0 Å². The van der Waals surface area contributed by atoms with Crippen LogP contribution in [0.2, 0.25) is 0 Å². The molecule has 0 amide bonds. The number of fused-ring (bicyclic) bond motifs is 1. The summed E-state index contributed by atoms with van der Waals surface area (Å²) in [5.74, 6) is 0.374. The number of carbonyl (C=O) groups excluding carboxylic acids is 1. The van der Waals surface area contributed by atoms with E-state index >= 15 is 0 Å². The predicted octanol–water partition coefficient (Wildman–Crippen LogP) is 2.20. The lowest BCUT2D eigenvalue weighted by Crippen LogP contribution is -2.09. The number of hydrogen-bond acceptors (Lipinski definition) is 3. The zero-order valence-electron chi connectivity index (χ0n) is 9.87. The number of aromatic nitrogens is 3. The van der Waals surface area contributed by atoms with Crippen molar-refractivity contribution in [3.8, 4) is 0 Å². The number of nitrogens with zero attached hydrogens (tertiary/aromatic N) is 3. The van der Waals surface area contributed by atoms with Crippen LogP contribution in [0.3, 0.4) is 0 Å². The molecule has 2 aromatic heterocycles. The first-order valence-corrected chi connectivity index (χ1v) is 5.62. The Morgan fingerprint density at radius 1 is 1.22 bits per heavy atom. The highest BCUT2D eigenvalue weighted by atomic mass is 16.1.